The van der Waals surface area contributed by atoms with Gasteiger partial charge in [0.05, 0.1) is 0 Å². The van der Waals surface area contributed by atoms with Crippen molar-refractivity contribution in [2.24, 2.45) is 0 Å². The van der Waals surface area contributed by atoms with E-state index in [-0.39, 0.29) is 5.16 Å². The van der Waals surface area contributed by atoms with E-state index in [1.165, 1.54) is 6.20 Å². The molecular weight excluding hydrogens is 214 g/mol. The van der Waals surface area contributed by atoms with Gasteiger partial charge in [-0.15, -0.1) is 0 Å². The lowest BCUT2D eigenvalue weighted by Gasteiger charge is -2.07. The monoisotopic (exact) mass is 227 g/mol. The van der Waals surface area contributed by atoms with E-state index in [4.69, 9.17) is 0 Å². The lowest BCUT2D eigenvalue weighted by atomic mass is 10.3. The summed E-state index contributed by atoms with van der Waals surface area (Å²) < 4.78 is 22.5. The van der Waals surface area contributed by atoms with Gasteiger partial charge in [0.1, 0.15) is 5.82 Å². The number of anilines is 1. The zero-order chi connectivity index (χ0) is 11.1. The van der Waals surface area contributed by atoms with Crippen LogP contribution in [0.1, 0.15) is 18.4 Å². The number of rotatable bonds is 3. The van der Waals surface area contributed by atoms with Gasteiger partial charge in [-0.05, 0) is 19.8 Å². The highest BCUT2D eigenvalue weighted by Crippen LogP contribution is 2.25. The van der Waals surface area contributed by atoms with E-state index in [2.05, 4.69) is 15.3 Å². The van der Waals surface area contributed by atoms with E-state index in [0.717, 1.165) is 24.7 Å². The zero-order valence-electron chi connectivity index (χ0n) is 8.69. The predicted molar refractivity (Wildman–Crippen MR) is 56.5 cm³/mol. The molecule has 15 heavy (non-hydrogen) atoms. The van der Waals surface area contributed by atoms with Crippen LogP contribution in [0.4, 0.5) is 5.82 Å². The molecular formula is C9H13N3O2S. The molecule has 1 saturated carbocycles. The first kappa shape index (κ1) is 10.4. The third kappa shape index (κ3) is 2.44. The summed E-state index contributed by atoms with van der Waals surface area (Å²) in [5.41, 5.74) is 0.870. The SMILES string of the molecule is Cc1cnc(S(C)(=O)=O)nc1NC1CC1. The van der Waals surface area contributed by atoms with Gasteiger partial charge in [0.2, 0.25) is 15.0 Å². The van der Waals surface area contributed by atoms with Crippen molar-refractivity contribution in [2.45, 2.75) is 31.0 Å². The van der Waals surface area contributed by atoms with E-state index in [1.807, 2.05) is 6.92 Å². The average Bonchev–Trinajstić information content (AvgIpc) is 2.90. The second-order valence-corrected chi connectivity index (χ2v) is 5.78. The molecule has 1 fully saturated rings. The highest BCUT2D eigenvalue weighted by atomic mass is 32.2. The molecule has 5 nitrogen and oxygen atoms in total. The van der Waals surface area contributed by atoms with Crippen molar-refractivity contribution >= 4 is 15.7 Å². The molecule has 1 N–H and O–H groups in total. The van der Waals surface area contributed by atoms with Crippen LogP contribution in [0.5, 0.6) is 0 Å². The summed E-state index contributed by atoms with van der Waals surface area (Å²) in [6, 6.07) is 0.450. The van der Waals surface area contributed by atoms with E-state index in [0.29, 0.717) is 11.9 Å². The van der Waals surface area contributed by atoms with E-state index in [1.54, 1.807) is 0 Å². The number of hydrogen-bond acceptors (Lipinski definition) is 5. The van der Waals surface area contributed by atoms with Crippen molar-refractivity contribution in [1.82, 2.24) is 9.97 Å². The van der Waals surface area contributed by atoms with Crippen molar-refractivity contribution in [2.75, 3.05) is 11.6 Å². The maximum Gasteiger partial charge on any atom is 0.248 e. The van der Waals surface area contributed by atoms with Crippen LogP contribution in [0.2, 0.25) is 0 Å². The molecule has 0 bridgehead atoms. The minimum absolute atomic E-state index is 0.115. The first-order valence-corrected chi connectivity index (χ1v) is 6.66. The molecule has 0 saturated heterocycles. The van der Waals surface area contributed by atoms with Crippen LogP contribution in [0, 0.1) is 6.92 Å². The minimum atomic E-state index is -3.32. The number of aromatic nitrogens is 2. The minimum Gasteiger partial charge on any atom is -0.367 e. The third-order valence-electron chi connectivity index (χ3n) is 2.20. The van der Waals surface area contributed by atoms with Crippen molar-refractivity contribution < 1.29 is 8.42 Å². The van der Waals surface area contributed by atoms with Gasteiger partial charge in [-0.2, -0.15) is 0 Å². The molecule has 0 aliphatic heterocycles. The highest BCUT2D eigenvalue weighted by molar-refractivity contribution is 7.90. The highest BCUT2D eigenvalue weighted by Gasteiger charge is 2.23. The van der Waals surface area contributed by atoms with Gasteiger partial charge in [-0.25, -0.2) is 18.4 Å². The van der Waals surface area contributed by atoms with Crippen LogP contribution in [0.25, 0.3) is 0 Å². The molecule has 1 heterocycles. The Morgan fingerprint density at radius 3 is 2.67 bits per heavy atom. The van der Waals surface area contributed by atoms with Crippen LogP contribution in [-0.4, -0.2) is 30.7 Å². The Hall–Kier alpha value is -1.17. The zero-order valence-corrected chi connectivity index (χ0v) is 9.50. The van der Waals surface area contributed by atoms with E-state index >= 15 is 0 Å². The lowest BCUT2D eigenvalue weighted by molar-refractivity contribution is 0.593. The van der Waals surface area contributed by atoms with Gasteiger partial charge < -0.3 is 5.32 Å². The Morgan fingerprint density at radius 1 is 1.47 bits per heavy atom. The van der Waals surface area contributed by atoms with Crippen molar-refractivity contribution in [3.05, 3.63) is 11.8 Å². The average molecular weight is 227 g/mol. The fourth-order valence-electron chi connectivity index (χ4n) is 1.17. The third-order valence-corrected chi connectivity index (χ3v) is 3.06. The van der Waals surface area contributed by atoms with Crippen LogP contribution in [-0.2, 0) is 9.84 Å². The first-order chi connectivity index (χ1) is 6.97. The maximum atomic E-state index is 11.2. The number of aryl methyl sites for hydroxylation is 1. The molecule has 0 unspecified atom stereocenters. The molecule has 2 rings (SSSR count). The van der Waals surface area contributed by atoms with Gasteiger partial charge in [0.25, 0.3) is 0 Å². The van der Waals surface area contributed by atoms with Crippen LogP contribution < -0.4 is 5.32 Å². The molecule has 0 atom stereocenters. The summed E-state index contributed by atoms with van der Waals surface area (Å²) in [7, 11) is -3.32. The van der Waals surface area contributed by atoms with E-state index in [9.17, 15) is 8.42 Å². The number of nitrogens with zero attached hydrogens (tertiary/aromatic N) is 2. The maximum absolute atomic E-state index is 11.2. The number of nitrogens with one attached hydrogen (secondary N) is 1. The molecule has 1 aliphatic rings. The first-order valence-electron chi connectivity index (χ1n) is 4.77. The summed E-state index contributed by atoms with van der Waals surface area (Å²) in [4.78, 5) is 7.81. The van der Waals surface area contributed by atoms with Gasteiger partial charge in [-0.1, -0.05) is 0 Å². The topological polar surface area (TPSA) is 72.0 Å². The smallest absolute Gasteiger partial charge is 0.248 e. The molecule has 0 spiro atoms. The summed E-state index contributed by atoms with van der Waals surface area (Å²) >= 11 is 0. The molecule has 1 aliphatic carbocycles. The predicted octanol–water partition coefficient (Wildman–Crippen LogP) is 0.763. The van der Waals surface area contributed by atoms with Gasteiger partial charge in [-0.3, -0.25) is 0 Å². The Labute approximate surface area is 88.9 Å². The molecule has 0 amide bonds. The molecule has 82 valence electrons. The summed E-state index contributed by atoms with van der Waals surface area (Å²) in [5, 5.41) is 3.07. The van der Waals surface area contributed by atoms with Crippen LogP contribution >= 0.6 is 0 Å². The number of sulfone groups is 1. The lowest BCUT2D eigenvalue weighted by Crippen LogP contribution is -2.10. The second kappa shape index (κ2) is 3.44. The van der Waals surface area contributed by atoms with Gasteiger partial charge >= 0.3 is 0 Å². The van der Waals surface area contributed by atoms with Crippen molar-refractivity contribution in [3.63, 3.8) is 0 Å². The molecule has 1 aromatic heterocycles. The van der Waals surface area contributed by atoms with Crippen molar-refractivity contribution in [1.29, 1.82) is 0 Å². The second-order valence-electron chi connectivity index (χ2n) is 3.87. The molecule has 0 radical (unpaired) electrons. The van der Waals surface area contributed by atoms with E-state index < -0.39 is 9.84 Å². The van der Waals surface area contributed by atoms with Gasteiger partial charge in [0, 0.05) is 24.1 Å². The fourth-order valence-corrected chi connectivity index (χ4v) is 1.67. The Morgan fingerprint density at radius 2 is 2.13 bits per heavy atom. The van der Waals surface area contributed by atoms with Crippen LogP contribution in [0.3, 0.4) is 0 Å². The normalized spacial score (nSPS) is 16.4. The molecule has 6 heteroatoms. The summed E-state index contributed by atoms with van der Waals surface area (Å²) in [6.07, 6.45) is 4.89. The summed E-state index contributed by atoms with van der Waals surface area (Å²) in [5.74, 6) is 0.632. The standard InChI is InChI=1S/C9H13N3O2S/c1-6-5-10-9(15(2,13)14)12-8(6)11-7-3-4-7/h5,7H,3-4H2,1-2H3,(H,10,11,12). The fraction of sp³-hybridized carbons (Fsp3) is 0.556. The number of hydrogen-bond donors (Lipinski definition) is 1. The van der Waals surface area contributed by atoms with Crippen molar-refractivity contribution in [3.8, 4) is 0 Å². The molecule has 1 aromatic rings. The quantitative estimate of drug-likeness (QED) is 0.772. The van der Waals surface area contributed by atoms with Crippen LogP contribution in [0.15, 0.2) is 11.4 Å². The van der Waals surface area contributed by atoms with Gasteiger partial charge in [0.15, 0.2) is 0 Å². The Balaban J connectivity index is 2.35. The Kier molecular flexibility index (Phi) is 2.38. The largest absolute Gasteiger partial charge is 0.367 e. The Bertz CT molecular complexity index is 480. The molecule has 0 aromatic carbocycles. The summed E-state index contributed by atoms with van der Waals surface area (Å²) in [6.45, 7) is 1.86.